The van der Waals surface area contributed by atoms with Gasteiger partial charge in [-0.1, -0.05) is 53.2 Å². The summed E-state index contributed by atoms with van der Waals surface area (Å²) in [5.41, 5.74) is -0.287. The highest BCUT2D eigenvalue weighted by Crippen LogP contribution is 2.74. The van der Waals surface area contributed by atoms with Crippen LogP contribution in [0, 0.1) is 45.3 Å². The Morgan fingerprint density at radius 1 is 1.06 bits per heavy atom. The van der Waals surface area contributed by atoms with Crippen LogP contribution in [0.4, 0.5) is 0 Å². The maximum Gasteiger partial charge on any atom is 0.140 e. The first-order valence-electron chi connectivity index (χ1n) is 13.8. The van der Waals surface area contributed by atoms with Crippen LogP contribution in [0.1, 0.15) is 107 Å². The number of fused-ring (bicyclic) bond motifs is 5. The number of hydrogen-bond acceptors (Lipinski definition) is 4. The van der Waals surface area contributed by atoms with E-state index in [1.54, 1.807) is 13.8 Å². The van der Waals surface area contributed by atoms with Gasteiger partial charge in [0.2, 0.25) is 0 Å². The molecule has 9 atom stereocenters. The van der Waals surface area contributed by atoms with Crippen LogP contribution in [0.25, 0.3) is 0 Å². The largest absolute Gasteiger partial charge is 0.392 e. The Bertz CT molecular complexity index is 852. The number of allylic oxidation sites excluding steroid dienone is 1. The quantitative estimate of drug-likeness (QED) is 0.448. The molecule has 0 aromatic carbocycles. The lowest BCUT2D eigenvalue weighted by Crippen LogP contribution is -2.63. The first-order valence-corrected chi connectivity index (χ1v) is 13.8. The molecule has 3 fully saturated rings. The maximum atomic E-state index is 14.2. The Balaban J connectivity index is 1.64. The van der Waals surface area contributed by atoms with Gasteiger partial charge >= 0.3 is 0 Å². The second kappa shape index (κ2) is 8.15. The van der Waals surface area contributed by atoms with Crippen molar-refractivity contribution >= 4 is 5.78 Å². The summed E-state index contributed by atoms with van der Waals surface area (Å²) in [5.74, 6) is 1.88. The van der Waals surface area contributed by atoms with Crippen LogP contribution in [0.3, 0.4) is 0 Å². The summed E-state index contributed by atoms with van der Waals surface area (Å²) >= 11 is 0. The Labute approximate surface area is 207 Å². The molecule has 0 bridgehead atoms. The zero-order valence-electron chi connectivity index (χ0n) is 22.9. The third kappa shape index (κ3) is 3.52. The maximum absolute atomic E-state index is 14.2. The first-order chi connectivity index (χ1) is 15.5. The van der Waals surface area contributed by atoms with E-state index in [0.29, 0.717) is 36.4 Å². The topological polar surface area (TPSA) is 77.8 Å². The molecule has 4 aliphatic carbocycles. The third-order valence-corrected chi connectivity index (χ3v) is 12.1. The number of carbonyl (C=O) groups excluding carboxylic acids is 1. The molecule has 0 amide bonds. The van der Waals surface area contributed by atoms with Crippen LogP contribution in [0.2, 0.25) is 0 Å². The molecule has 0 aromatic rings. The summed E-state index contributed by atoms with van der Waals surface area (Å²) in [6.45, 7) is 17.1. The van der Waals surface area contributed by atoms with Crippen LogP contribution in [0.5, 0.6) is 0 Å². The van der Waals surface area contributed by atoms with Crippen molar-refractivity contribution in [3.8, 4) is 0 Å². The lowest BCUT2D eigenvalue weighted by molar-refractivity contribution is -0.172. The molecule has 194 valence electrons. The van der Waals surface area contributed by atoms with E-state index in [2.05, 4.69) is 47.6 Å². The van der Waals surface area contributed by atoms with E-state index in [0.717, 1.165) is 38.5 Å². The second-order valence-corrected chi connectivity index (χ2v) is 14.4. The first kappa shape index (κ1) is 26.4. The number of aliphatic hydroxyl groups excluding tert-OH is 2. The minimum atomic E-state index is -1.08. The Morgan fingerprint density at radius 3 is 2.32 bits per heavy atom. The van der Waals surface area contributed by atoms with Gasteiger partial charge in [0, 0.05) is 17.3 Å². The van der Waals surface area contributed by atoms with Gasteiger partial charge in [0.25, 0.3) is 0 Å². The van der Waals surface area contributed by atoms with Gasteiger partial charge in [-0.3, -0.25) is 4.79 Å². The van der Waals surface area contributed by atoms with Crippen molar-refractivity contribution in [2.24, 2.45) is 45.3 Å². The fourth-order valence-corrected chi connectivity index (χ4v) is 9.35. The molecular formula is C30H50O4. The smallest absolute Gasteiger partial charge is 0.140 e. The lowest BCUT2D eigenvalue weighted by atomic mass is 9.38. The Morgan fingerprint density at radius 2 is 1.71 bits per heavy atom. The van der Waals surface area contributed by atoms with E-state index in [1.807, 2.05) is 0 Å². The summed E-state index contributed by atoms with van der Waals surface area (Å²) < 4.78 is 0. The molecule has 0 spiro atoms. The SMILES string of the molecule is C[C@H](CC[C@@H](O)C(C)(C)O)C1CC[C@@]2(C)C3CC=C4C(CC[C@H](O)C4(C)C)[C@]3(C)C(=O)C[C@]12C. The molecule has 4 aliphatic rings. The average molecular weight is 475 g/mol. The molecule has 4 nitrogen and oxygen atoms in total. The summed E-state index contributed by atoms with van der Waals surface area (Å²) in [6.07, 6.45) is 8.40. The van der Waals surface area contributed by atoms with Crippen LogP contribution >= 0.6 is 0 Å². The minimum Gasteiger partial charge on any atom is -0.392 e. The third-order valence-electron chi connectivity index (χ3n) is 12.1. The fraction of sp³-hybridized carbons (Fsp3) is 0.900. The van der Waals surface area contributed by atoms with Gasteiger partial charge in [0.05, 0.1) is 17.8 Å². The summed E-state index contributed by atoms with van der Waals surface area (Å²) in [6, 6.07) is 0. The standard InChI is InChI=1S/C30H50O4/c1-18(9-13-24(32)27(4,5)34)19-15-16-28(6)22-12-10-20-21(11-14-23(31)26(20,2)3)30(22,8)25(33)17-29(19,28)7/h10,18-19,21-24,31-32,34H,9,11-17H2,1-8H3/t18-,19?,21?,22?,23+,24-,28+,29-,30+/m1/s1. The number of carbonyl (C=O) groups is 1. The number of ketones is 1. The van der Waals surface area contributed by atoms with Crippen molar-refractivity contribution in [2.45, 2.75) is 125 Å². The van der Waals surface area contributed by atoms with Crippen LogP contribution in [-0.2, 0) is 4.79 Å². The molecule has 3 saturated carbocycles. The molecule has 3 unspecified atom stereocenters. The molecule has 0 aliphatic heterocycles. The van der Waals surface area contributed by atoms with E-state index in [1.165, 1.54) is 5.57 Å². The zero-order valence-corrected chi connectivity index (χ0v) is 22.9. The minimum absolute atomic E-state index is 0.0393. The van der Waals surface area contributed by atoms with Crippen molar-refractivity contribution < 1.29 is 20.1 Å². The molecule has 34 heavy (non-hydrogen) atoms. The van der Waals surface area contributed by atoms with Gasteiger partial charge in [-0.15, -0.1) is 0 Å². The monoisotopic (exact) mass is 474 g/mol. The highest BCUT2D eigenvalue weighted by Gasteiger charge is 2.70. The summed E-state index contributed by atoms with van der Waals surface area (Å²) in [4.78, 5) is 14.2. The summed E-state index contributed by atoms with van der Waals surface area (Å²) in [7, 11) is 0. The van der Waals surface area contributed by atoms with Gasteiger partial charge in [0.1, 0.15) is 5.78 Å². The van der Waals surface area contributed by atoms with Crippen LogP contribution < -0.4 is 0 Å². The predicted octanol–water partition coefficient (Wildman–Crippen LogP) is 5.68. The molecule has 0 aromatic heterocycles. The van der Waals surface area contributed by atoms with Gasteiger partial charge < -0.3 is 15.3 Å². The van der Waals surface area contributed by atoms with Crippen LogP contribution in [0.15, 0.2) is 11.6 Å². The highest BCUT2D eigenvalue weighted by molar-refractivity contribution is 5.88. The predicted molar refractivity (Wildman–Crippen MR) is 136 cm³/mol. The number of Topliss-reactive ketones (excluding diaryl/α,β-unsaturated/α-hetero) is 1. The fourth-order valence-electron chi connectivity index (χ4n) is 9.35. The summed E-state index contributed by atoms with van der Waals surface area (Å²) in [5, 5.41) is 31.3. The van der Waals surface area contributed by atoms with Crippen molar-refractivity contribution in [3.05, 3.63) is 11.6 Å². The van der Waals surface area contributed by atoms with E-state index >= 15 is 0 Å². The van der Waals surface area contributed by atoms with Gasteiger partial charge in [-0.2, -0.15) is 0 Å². The molecule has 0 saturated heterocycles. The molecule has 0 heterocycles. The van der Waals surface area contributed by atoms with E-state index in [9.17, 15) is 20.1 Å². The van der Waals surface area contributed by atoms with Crippen molar-refractivity contribution in [2.75, 3.05) is 0 Å². The lowest BCUT2D eigenvalue weighted by Gasteiger charge is -2.64. The highest BCUT2D eigenvalue weighted by atomic mass is 16.3. The van der Waals surface area contributed by atoms with E-state index < -0.39 is 11.7 Å². The Hall–Kier alpha value is -0.710. The molecule has 4 rings (SSSR count). The van der Waals surface area contributed by atoms with Crippen molar-refractivity contribution in [3.63, 3.8) is 0 Å². The van der Waals surface area contributed by atoms with Crippen molar-refractivity contribution in [1.82, 2.24) is 0 Å². The van der Waals surface area contributed by atoms with E-state index in [4.69, 9.17) is 0 Å². The number of hydrogen-bond donors (Lipinski definition) is 3. The molecule has 3 N–H and O–H groups in total. The van der Waals surface area contributed by atoms with Gasteiger partial charge in [0.15, 0.2) is 0 Å². The second-order valence-electron chi connectivity index (χ2n) is 14.4. The van der Waals surface area contributed by atoms with E-state index in [-0.39, 0.29) is 33.7 Å². The average Bonchev–Trinajstić information content (AvgIpc) is 2.99. The normalized spacial score (nSPS) is 45.6. The molecule has 0 radical (unpaired) electrons. The molecule has 4 heteroatoms. The van der Waals surface area contributed by atoms with Crippen molar-refractivity contribution in [1.29, 1.82) is 0 Å². The van der Waals surface area contributed by atoms with Gasteiger partial charge in [-0.05, 0) is 93.3 Å². The number of rotatable bonds is 5. The zero-order chi connectivity index (χ0) is 25.5. The Kier molecular flexibility index (Phi) is 6.32. The number of aliphatic hydroxyl groups is 3. The van der Waals surface area contributed by atoms with Gasteiger partial charge in [-0.25, -0.2) is 0 Å². The molecular weight excluding hydrogens is 424 g/mol. The van der Waals surface area contributed by atoms with Crippen LogP contribution in [-0.4, -0.2) is 38.9 Å².